The van der Waals surface area contributed by atoms with Crippen LogP contribution in [0.15, 0.2) is 6.07 Å². The van der Waals surface area contributed by atoms with Crippen LogP contribution in [0.3, 0.4) is 0 Å². The van der Waals surface area contributed by atoms with Crippen LogP contribution in [0.1, 0.15) is 38.3 Å². The standard InChI is InChI=1S/C11H19N3O/c1-3-4-5-6-7-15-10-8-9(2)13-11(12)14-10/h8H,3-7H2,1-2H3,(H2,12,13,14). The number of hydrogen-bond acceptors (Lipinski definition) is 4. The Bertz CT molecular complexity index is 282. The van der Waals surface area contributed by atoms with E-state index in [2.05, 4.69) is 16.9 Å². The van der Waals surface area contributed by atoms with E-state index in [0.717, 1.165) is 12.1 Å². The van der Waals surface area contributed by atoms with Crippen LogP contribution >= 0.6 is 0 Å². The minimum atomic E-state index is 0.276. The SMILES string of the molecule is CCCCCCOc1cc(C)nc(N)n1. The smallest absolute Gasteiger partial charge is 0.223 e. The van der Waals surface area contributed by atoms with Gasteiger partial charge in [-0.05, 0) is 13.3 Å². The van der Waals surface area contributed by atoms with Gasteiger partial charge in [-0.1, -0.05) is 26.2 Å². The molecule has 0 bridgehead atoms. The van der Waals surface area contributed by atoms with E-state index in [1.54, 1.807) is 6.07 Å². The van der Waals surface area contributed by atoms with Crippen molar-refractivity contribution in [2.45, 2.75) is 39.5 Å². The highest BCUT2D eigenvalue weighted by Crippen LogP contribution is 2.10. The number of aryl methyl sites for hydroxylation is 1. The first-order valence-corrected chi connectivity index (χ1v) is 5.46. The summed E-state index contributed by atoms with van der Waals surface area (Å²) in [5.41, 5.74) is 6.35. The Morgan fingerprint density at radius 3 is 2.73 bits per heavy atom. The number of aromatic nitrogens is 2. The van der Waals surface area contributed by atoms with Crippen molar-refractivity contribution < 1.29 is 4.74 Å². The number of nitrogens with zero attached hydrogens (tertiary/aromatic N) is 2. The van der Waals surface area contributed by atoms with Crippen LogP contribution in [0.25, 0.3) is 0 Å². The molecule has 0 aromatic carbocycles. The maximum Gasteiger partial charge on any atom is 0.223 e. The van der Waals surface area contributed by atoms with Gasteiger partial charge in [0.2, 0.25) is 11.8 Å². The van der Waals surface area contributed by atoms with E-state index in [4.69, 9.17) is 10.5 Å². The lowest BCUT2D eigenvalue weighted by atomic mass is 10.2. The molecule has 15 heavy (non-hydrogen) atoms. The zero-order valence-electron chi connectivity index (χ0n) is 9.49. The van der Waals surface area contributed by atoms with E-state index >= 15 is 0 Å². The molecule has 0 fully saturated rings. The van der Waals surface area contributed by atoms with Crippen molar-refractivity contribution in [3.8, 4) is 5.88 Å². The summed E-state index contributed by atoms with van der Waals surface area (Å²) in [5.74, 6) is 0.857. The highest BCUT2D eigenvalue weighted by Gasteiger charge is 1.99. The second kappa shape index (κ2) is 6.22. The van der Waals surface area contributed by atoms with E-state index < -0.39 is 0 Å². The van der Waals surface area contributed by atoms with Crippen molar-refractivity contribution in [2.75, 3.05) is 12.3 Å². The lowest BCUT2D eigenvalue weighted by molar-refractivity contribution is 0.293. The highest BCUT2D eigenvalue weighted by molar-refractivity contribution is 5.25. The van der Waals surface area contributed by atoms with Gasteiger partial charge in [0.15, 0.2) is 0 Å². The monoisotopic (exact) mass is 209 g/mol. The molecule has 4 heteroatoms. The van der Waals surface area contributed by atoms with Gasteiger partial charge in [0.05, 0.1) is 6.61 Å². The fourth-order valence-electron chi connectivity index (χ4n) is 1.34. The molecule has 0 radical (unpaired) electrons. The molecule has 0 spiro atoms. The van der Waals surface area contributed by atoms with Gasteiger partial charge in [0.1, 0.15) is 0 Å². The minimum absolute atomic E-state index is 0.276. The third-order valence-corrected chi connectivity index (χ3v) is 2.10. The highest BCUT2D eigenvalue weighted by atomic mass is 16.5. The molecule has 0 aliphatic rings. The van der Waals surface area contributed by atoms with E-state index in [0.29, 0.717) is 12.5 Å². The Morgan fingerprint density at radius 2 is 2.07 bits per heavy atom. The lowest BCUT2D eigenvalue weighted by Gasteiger charge is -2.05. The van der Waals surface area contributed by atoms with Crippen LogP contribution in [-0.2, 0) is 0 Å². The molecule has 2 N–H and O–H groups in total. The van der Waals surface area contributed by atoms with Crippen LogP contribution in [0.4, 0.5) is 5.95 Å². The number of ether oxygens (including phenoxy) is 1. The topological polar surface area (TPSA) is 61.0 Å². The fraction of sp³-hybridized carbons (Fsp3) is 0.636. The second-order valence-corrected chi connectivity index (χ2v) is 3.61. The van der Waals surface area contributed by atoms with Gasteiger partial charge in [-0.3, -0.25) is 0 Å². The summed E-state index contributed by atoms with van der Waals surface area (Å²) in [6, 6.07) is 1.80. The maximum atomic E-state index is 5.51. The second-order valence-electron chi connectivity index (χ2n) is 3.61. The van der Waals surface area contributed by atoms with E-state index in [1.807, 2.05) is 6.92 Å². The first-order valence-electron chi connectivity index (χ1n) is 5.46. The molecule has 1 rings (SSSR count). The molecule has 0 saturated heterocycles. The minimum Gasteiger partial charge on any atom is -0.478 e. The summed E-state index contributed by atoms with van der Waals surface area (Å²) >= 11 is 0. The molecule has 1 aromatic rings. The fourth-order valence-corrected chi connectivity index (χ4v) is 1.34. The molecular formula is C11H19N3O. The number of hydrogen-bond donors (Lipinski definition) is 1. The first kappa shape index (κ1) is 11.8. The molecular weight excluding hydrogens is 190 g/mol. The van der Waals surface area contributed by atoms with Crippen LogP contribution in [-0.4, -0.2) is 16.6 Å². The summed E-state index contributed by atoms with van der Waals surface area (Å²) < 4.78 is 5.48. The van der Waals surface area contributed by atoms with Crippen LogP contribution in [0.5, 0.6) is 5.88 Å². The quantitative estimate of drug-likeness (QED) is 0.730. The Morgan fingerprint density at radius 1 is 1.27 bits per heavy atom. The Labute approximate surface area is 90.9 Å². The summed E-state index contributed by atoms with van der Waals surface area (Å²) in [5, 5.41) is 0. The molecule has 0 aliphatic carbocycles. The number of unbranched alkanes of at least 4 members (excludes halogenated alkanes) is 3. The summed E-state index contributed by atoms with van der Waals surface area (Å²) in [6.07, 6.45) is 4.76. The Kier molecular flexibility index (Phi) is 4.87. The molecule has 0 aliphatic heterocycles. The van der Waals surface area contributed by atoms with E-state index in [1.165, 1.54) is 19.3 Å². The number of nitrogens with two attached hydrogens (primary N) is 1. The van der Waals surface area contributed by atoms with Crippen molar-refractivity contribution in [2.24, 2.45) is 0 Å². The van der Waals surface area contributed by atoms with Crippen molar-refractivity contribution in [1.29, 1.82) is 0 Å². The molecule has 4 nitrogen and oxygen atoms in total. The largest absolute Gasteiger partial charge is 0.478 e. The van der Waals surface area contributed by atoms with Gasteiger partial charge in [-0.25, -0.2) is 4.98 Å². The first-order chi connectivity index (χ1) is 7.22. The van der Waals surface area contributed by atoms with Crippen LogP contribution in [0.2, 0.25) is 0 Å². The van der Waals surface area contributed by atoms with E-state index in [9.17, 15) is 0 Å². The molecule has 84 valence electrons. The molecule has 1 aromatic heterocycles. The van der Waals surface area contributed by atoms with Crippen molar-refractivity contribution in [1.82, 2.24) is 9.97 Å². The summed E-state index contributed by atoms with van der Waals surface area (Å²) in [7, 11) is 0. The van der Waals surface area contributed by atoms with Gasteiger partial charge in [-0.15, -0.1) is 0 Å². The normalized spacial score (nSPS) is 10.3. The van der Waals surface area contributed by atoms with Crippen molar-refractivity contribution >= 4 is 5.95 Å². The summed E-state index contributed by atoms with van der Waals surface area (Å²) in [4.78, 5) is 7.97. The third kappa shape index (κ3) is 4.63. The molecule has 0 atom stereocenters. The van der Waals surface area contributed by atoms with Crippen molar-refractivity contribution in [3.63, 3.8) is 0 Å². The van der Waals surface area contributed by atoms with Gasteiger partial charge >= 0.3 is 0 Å². The van der Waals surface area contributed by atoms with Gasteiger partial charge < -0.3 is 10.5 Å². The summed E-state index contributed by atoms with van der Waals surface area (Å²) in [6.45, 7) is 4.77. The zero-order chi connectivity index (χ0) is 11.1. The third-order valence-electron chi connectivity index (χ3n) is 2.10. The zero-order valence-corrected chi connectivity index (χ0v) is 9.49. The molecule has 0 saturated carbocycles. The van der Waals surface area contributed by atoms with E-state index in [-0.39, 0.29) is 5.95 Å². The van der Waals surface area contributed by atoms with Gasteiger partial charge in [0.25, 0.3) is 0 Å². The number of nitrogen functional groups attached to an aromatic ring is 1. The lowest BCUT2D eigenvalue weighted by Crippen LogP contribution is -2.03. The predicted octanol–water partition coefficient (Wildman–Crippen LogP) is 2.33. The average molecular weight is 209 g/mol. The number of rotatable bonds is 6. The average Bonchev–Trinajstić information content (AvgIpc) is 2.16. The predicted molar refractivity (Wildman–Crippen MR) is 60.8 cm³/mol. The van der Waals surface area contributed by atoms with Crippen LogP contribution in [0, 0.1) is 6.92 Å². The van der Waals surface area contributed by atoms with Gasteiger partial charge in [0, 0.05) is 11.8 Å². The van der Waals surface area contributed by atoms with Crippen LogP contribution < -0.4 is 10.5 Å². The molecule has 0 unspecified atom stereocenters. The molecule has 0 amide bonds. The van der Waals surface area contributed by atoms with Gasteiger partial charge in [-0.2, -0.15) is 4.98 Å². The van der Waals surface area contributed by atoms with Crippen molar-refractivity contribution in [3.05, 3.63) is 11.8 Å². The Hall–Kier alpha value is -1.32. The molecule has 1 heterocycles. The number of anilines is 1. The maximum absolute atomic E-state index is 5.51. The Balaban J connectivity index is 2.31.